The second-order valence-corrected chi connectivity index (χ2v) is 9.17. The molecule has 1 aromatic heterocycles. The molecule has 0 aliphatic carbocycles. The van der Waals surface area contributed by atoms with Gasteiger partial charge in [0.1, 0.15) is 12.4 Å². The van der Waals surface area contributed by atoms with Crippen LogP contribution in [0.2, 0.25) is 15.1 Å². The van der Waals surface area contributed by atoms with Crippen LogP contribution in [0.4, 0.5) is 5.82 Å². The van der Waals surface area contributed by atoms with Gasteiger partial charge in [-0.25, -0.2) is 0 Å². The maximum Gasteiger partial charge on any atom is 0.256 e. The maximum atomic E-state index is 12.7. The number of anilines is 1. The van der Waals surface area contributed by atoms with E-state index in [9.17, 15) is 4.79 Å². The summed E-state index contributed by atoms with van der Waals surface area (Å²) < 4.78 is 7.60. The van der Waals surface area contributed by atoms with E-state index in [4.69, 9.17) is 39.5 Å². The van der Waals surface area contributed by atoms with Gasteiger partial charge in [-0.05, 0) is 73.0 Å². The van der Waals surface area contributed by atoms with Crippen molar-refractivity contribution in [1.29, 1.82) is 0 Å². The van der Waals surface area contributed by atoms with E-state index in [0.717, 1.165) is 28.1 Å². The lowest BCUT2D eigenvalue weighted by Gasteiger charge is -2.09. The zero-order chi connectivity index (χ0) is 24.2. The van der Waals surface area contributed by atoms with Crippen molar-refractivity contribution in [3.63, 3.8) is 0 Å². The van der Waals surface area contributed by atoms with Gasteiger partial charge in [0, 0.05) is 32.4 Å². The number of halogens is 3. The number of carbonyl (C=O) groups is 1. The number of nitrogens with one attached hydrogen (secondary N) is 1. The van der Waals surface area contributed by atoms with Crippen LogP contribution in [0.25, 0.3) is 0 Å². The Bertz CT molecular complexity index is 1330. The van der Waals surface area contributed by atoms with Gasteiger partial charge in [-0.3, -0.25) is 9.48 Å². The molecule has 1 N–H and O–H groups in total. The quantitative estimate of drug-likeness (QED) is 0.281. The highest BCUT2D eigenvalue weighted by Gasteiger charge is 2.12. The molecule has 4 rings (SSSR count). The van der Waals surface area contributed by atoms with Gasteiger partial charge >= 0.3 is 0 Å². The predicted octanol–water partition coefficient (Wildman–Crippen LogP) is 7.34. The third-order valence-corrected chi connectivity index (χ3v) is 6.32. The second kappa shape index (κ2) is 10.5. The van der Waals surface area contributed by atoms with Crippen LogP contribution in [0, 0.1) is 13.8 Å². The van der Waals surface area contributed by atoms with Gasteiger partial charge < -0.3 is 10.1 Å². The Kier molecular flexibility index (Phi) is 7.47. The van der Waals surface area contributed by atoms with Gasteiger partial charge in [0.2, 0.25) is 0 Å². The maximum absolute atomic E-state index is 12.7. The van der Waals surface area contributed by atoms with E-state index < -0.39 is 0 Å². The molecule has 0 unspecified atom stereocenters. The van der Waals surface area contributed by atoms with Gasteiger partial charge in [-0.1, -0.05) is 53.0 Å². The fraction of sp³-hybridized carbons (Fsp3) is 0.154. The van der Waals surface area contributed by atoms with Crippen LogP contribution in [0.5, 0.6) is 5.75 Å². The van der Waals surface area contributed by atoms with Gasteiger partial charge in [0.25, 0.3) is 5.91 Å². The number of aromatic nitrogens is 2. The van der Waals surface area contributed by atoms with Crippen LogP contribution in [0.15, 0.2) is 66.7 Å². The van der Waals surface area contributed by atoms with Gasteiger partial charge in [0.05, 0.1) is 6.54 Å². The molecule has 0 radical (unpaired) electrons. The number of nitrogens with zero attached hydrogens (tertiary/aromatic N) is 2. The first-order chi connectivity index (χ1) is 16.3. The van der Waals surface area contributed by atoms with Crippen LogP contribution >= 0.6 is 34.8 Å². The monoisotopic (exact) mass is 513 g/mol. The number of carbonyl (C=O) groups excluding carboxylic acids is 1. The molecule has 174 valence electrons. The molecule has 4 aromatic rings. The first-order valence-electron chi connectivity index (χ1n) is 10.6. The number of amides is 1. The Morgan fingerprint density at radius 2 is 1.71 bits per heavy atom. The van der Waals surface area contributed by atoms with Crippen LogP contribution < -0.4 is 10.1 Å². The minimum absolute atomic E-state index is 0.241. The minimum atomic E-state index is -0.241. The Hall–Kier alpha value is -2.99. The number of benzene rings is 3. The lowest BCUT2D eigenvalue weighted by Crippen LogP contribution is -2.13. The van der Waals surface area contributed by atoms with Crippen LogP contribution in [-0.4, -0.2) is 15.7 Å². The predicted molar refractivity (Wildman–Crippen MR) is 137 cm³/mol. The molecule has 0 bridgehead atoms. The van der Waals surface area contributed by atoms with E-state index in [0.29, 0.717) is 39.6 Å². The fourth-order valence-electron chi connectivity index (χ4n) is 3.36. The van der Waals surface area contributed by atoms with E-state index in [1.807, 2.05) is 56.3 Å². The van der Waals surface area contributed by atoms with Crippen LogP contribution in [-0.2, 0) is 13.2 Å². The van der Waals surface area contributed by atoms with Gasteiger partial charge in [0.15, 0.2) is 5.82 Å². The third-order valence-electron chi connectivity index (χ3n) is 5.31. The van der Waals surface area contributed by atoms with Crippen molar-refractivity contribution in [2.45, 2.75) is 27.0 Å². The molecule has 5 nitrogen and oxygen atoms in total. The molecule has 1 heterocycles. The summed E-state index contributed by atoms with van der Waals surface area (Å²) in [5.41, 5.74) is 4.22. The number of ether oxygens (including phenoxy) is 1. The molecule has 0 fully saturated rings. The summed E-state index contributed by atoms with van der Waals surface area (Å²) in [6.07, 6.45) is 0. The Labute approximate surface area is 213 Å². The topological polar surface area (TPSA) is 56.1 Å². The molecule has 1 amide bonds. The van der Waals surface area contributed by atoms with E-state index in [2.05, 4.69) is 10.4 Å². The van der Waals surface area contributed by atoms with Crippen molar-refractivity contribution in [3.8, 4) is 5.75 Å². The summed E-state index contributed by atoms with van der Waals surface area (Å²) >= 11 is 18.3. The molecule has 34 heavy (non-hydrogen) atoms. The zero-order valence-corrected chi connectivity index (χ0v) is 20.9. The lowest BCUT2D eigenvalue weighted by molar-refractivity contribution is 0.102. The molecule has 0 aliphatic rings. The van der Waals surface area contributed by atoms with Gasteiger partial charge in [-0.2, -0.15) is 5.10 Å². The molecule has 0 aliphatic heterocycles. The Morgan fingerprint density at radius 3 is 2.41 bits per heavy atom. The van der Waals surface area contributed by atoms with E-state index in [1.165, 1.54) is 0 Å². The first kappa shape index (κ1) is 24.1. The van der Waals surface area contributed by atoms with Crippen molar-refractivity contribution in [2.75, 3.05) is 5.32 Å². The largest absolute Gasteiger partial charge is 0.489 e. The molecular weight excluding hydrogens is 493 g/mol. The molecular formula is C26H22Cl3N3O2. The molecule has 8 heteroatoms. The van der Waals surface area contributed by atoms with E-state index >= 15 is 0 Å². The normalized spacial score (nSPS) is 10.9. The summed E-state index contributed by atoms with van der Waals surface area (Å²) in [6, 6.07) is 20.0. The highest BCUT2D eigenvalue weighted by atomic mass is 35.5. The zero-order valence-electron chi connectivity index (χ0n) is 18.6. The first-order valence-corrected chi connectivity index (χ1v) is 11.7. The van der Waals surface area contributed by atoms with E-state index in [-0.39, 0.29) is 5.91 Å². The van der Waals surface area contributed by atoms with Crippen molar-refractivity contribution in [1.82, 2.24) is 9.78 Å². The Balaban J connectivity index is 1.37. The van der Waals surface area contributed by atoms with Crippen molar-refractivity contribution < 1.29 is 9.53 Å². The van der Waals surface area contributed by atoms with Crippen molar-refractivity contribution >= 4 is 46.5 Å². The standard InChI is InChI=1S/C26H22Cl3N3O2/c1-16-11-22(9-10-23(16)28)34-15-18-3-5-19(6-4-18)26(33)30-25-12-17(2)32(31-25)14-20-7-8-21(27)13-24(20)29/h3-13H,14-15H2,1-2H3,(H,30,31,33). The Morgan fingerprint density at radius 1 is 0.941 bits per heavy atom. The molecule has 3 aromatic carbocycles. The summed E-state index contributed by atoms with van der Waals surface area (Å²) in [5.74, 6) is 0.975. The number of aryl methyl sites for hydroxylation is 2. The van der Waals surface area contributed by atoms with E-state index in [1.54, 1.807) is 28.9 Å². The minimum Gasteiger partial charge on any atom is -0.489 e. The number of rotatable bonds is 7. The van der Waals surface area contributed by atoms with Crippen molar-refractivity contribution in [3.05, 3.63) is 110 Å². The average molecular weight is 515 g/mol. The molecule has 0 spiro atoms. The summed E-state index contributed by atoms with van der Waals surface area (Å²) in [6.45, 7) is 4.71. The number of hydrogen-bond donors (Lipinski definition) is 1. The summed E-state index contributed by atoms with van der Waals surface area (Å²) in [5, 5.41) is 9.20. The van der Waals surface area contributed by atoms with Crippen LogP contribution in [0.3, 0.4) is 0 Å². The highest BCUT2D eigenvalue weighted by molar-refractivity contribution is 6.35. The number of hydrogen-bond acceptors (Lipinski definition) is 3. The molecule has 0 saturated carbocycles. The van der Waals surface area contributed by atoms with Crippen molar-refractivity contribution in [2.24, 2.45) is 0 Å². The van der Waals surface area contributed by atoms with Gasteiger partial charge in [-0.15, -0.1) is 0 Å². The fourth-order valence-corrected chi connectivity index (χ4v) is 3.94. The smallest absolute Gasteiger partial charge is 0.256 e. The molecule has 0 saturated heterocycles. The third kappa shape index (κ3) is 5.92. The molecule has 0 atom stereocenters. The van der Waals surface area contributed by atoms with Crippen LogP contribution in [0.1, 0.15) is 32.7 Å². The lowest BCUT2D eigenvalue weighted by atomic mass is 10.1. The SMILES string of the molecule is Cc1cc(OCc2ccc(C(=O)Nc3cc(C)n(Cc4ccc(Cl)cc4Cl)n3)cc2)ccc1Cl. The average Bonchev–Trinajstić information content (AvgIpc) is 3.15. The summed E-state index contributed by atoms with van der Waals surface area (Å²) in [4.78, 5) is 12.7. The second-order valence-electron chi connectivity index (χ2n) is 7.92. The summed E-state index contributed by atoms with van der Waals surface area (Å²) in [7, 11) is 0. The highest BCUT2D eigenvalue weighted by Crippen LogP contribution is 2.23.